The zero-order chi connectivity index (χ0) is 19.9. The number of carbonyl (C=O) groups excluding carboxylic acids is 1. The molecule has 0 aliphatic heterocycles. The quantitative estimate of drug-likeness (QED) is 0.525. The van der Waals surface area contributed by atoms with Crippen molar-refractivity contribution in [1.82, 2.24) is 30.6 Å². The van der Waals surface area contributed by atoms with Gasteiger partial charge in [-0.2, -0.15) is 18.4 Å². The second-order valence-corrected chi connectivity index (χ2v) is 6.29. The number of hydrogen-bond donors (Lipinski definition) is 2. The van der Waals surface area contributed by atoms with E-state index in [-0.39, 0.29) is 29.0 Å². The Hall–Kier alpha value is -3.56. The Balaban J connectivity index is 1.90. The van der Waals surface area contributed by atoms with Crippen LogP contribution < -0.4 is 0 Å². The highest BCUT2D eigenvalue weighted by atomic mass is 19.4. The number of tetrazole rings is 1. The number of halogens is 3. The molecule has 0 aliphatic carbocycles. The third-order valence-electron chi connectivity index (χ3n) is 4.33. The molecule has 0 amide bonds. The van der Waals surface area contributed by atoms with E-state index in [0.717, 1.165) is 17.7 Å². The summed E-state index contributed by atoms with van der Waals surface area (Å²) in [4.78, 5) is 20.0. The van der Waals surface area contributed by atoms with E-state index < -0.39 is 17.5 Å². The van der Waals surface area contributed by atoms with Gasteiger partial charge in [0.05, 0.1) is 11.3 Å². The van der Waals surface area contributed by atoms with Gasteiger partial charge in [0.2, 0.25) is 5.78 Å². The van der Waals surface area contributed by atoms with E-state index in [1.807, 2.05) is 6.92 Å². The van der Waals surface area contributed by atoms with Gasteiger partial charge < -0.3 is 4.98 Å². The summed E-state index contributed by atoms with van der Waals surface area (Å²) in [5, 5.41) is 13.7. The molecule has 0 spiro atoms. The number of nitrogens with one attached hydrogen (secondary N) is 2. The van der Waals surface area contributed by atoms with Crippen molar-refractivity contribution in [2.45, 2.75) is 19.5 Å². The largest absolute Gasteiger partial charge is 0.416 e. The van der Waals surface area contributed by atoms with Gasteiger partial charge in [-0.1, -0.05) is 5.21 Å². The van der Waals surface area contributed by atoms with E-state index in [2.05, 4.69) is 30.6 Å². The van der Waals surface area contributed by atoms with Crippen LogP contribution in [-0.4, -0.2) is 36.4 Å². The lowest BCUT2D eigenvalue weighted by atomic mass is 10.0. The molecule has 0 bridgehead atoms. The molecular weight excluding hydrogens is 373 g/mol. The second kappa shape index (κ2) is 6.55. The number of H-pyrrole nitrogens is 2. The maximum absolute atomic E-state index is 13.2. The summed E-state index contributed by atoms with van der Waals surface area (Å²) >= 11 is 0. The van der Waals surface area contributed by atoms with Crippen LogP contribution >= 0.6 is 0 Å². The van der Waals surface area contributed by atoms with Gasteiger partial charge in [-0.3, -0.25) is 9.78 Å². The van der Waals surface area contributed by atoms with Crippen LogP contribution in [-0.2, 0) is 12.6 Å². The third-order valence-corrected chi connectivity index (χ3v) is 4.33. The molecule has 4 rings (SSSR count). The molecule has 3 aromatic heterocycles. The summed E-state index contributed by atoms with van der Waals surface area (Å²) in [7, 11) is 0. The first-order valence-corrected chi connectivity index (χ1v) is 8.24. The predicted molar refractivity (Wildman–Crippen MR) is 92.7 cm³/mol. The molecule has 0 saturated carbocycles. The molecule has 10 heteroatoms. The van der Waals surface area contributed by atoms with Crippen LogP contribution in [0.5, 0.6) is 0 Å². The number of alkyl halides is 3. The fraction of sp³-hybridized carbons (Fsp3) is 0.167. The highest BCUT2D eigenvalue weighted by molar-refractivity contribution is 6.11. The summed E-state index contributed by atoms with van der Waals surface area (Å²) in [6, 6.07) is 6.65. The van der Waals surface area contributed by atoms with Gasteiger partial charge in [0.25, 0.3) is 0 Å². The number of carbonyl (C=O) groups is 1. The van der Waals surface area contributed by atoms with E-state index in [4.69, 9.17) is 0 Å². The average molecular weight is 386 g/mol. The van der Waals surface area contributed by atoms with Crippen molar-refractivity contribution in [2.75, 3.05) is 0 Å². The second-order valence-electron chi connectivity index (χ2n) is 6.29. The van der Waals surface area contributed by atoms with Gasteiger partial charge in [-0.25, -0.2) is 0 Å². The molecule has 0 radical (unpaired) electrons. The Morgan fingerprint density at radius 3 is 2.68 bits per heavy atom. The Morgan fingerprint density at radius 1 is 1.18 bits per heavy atom. The minimum atomic E-state index is -4.50. The van der Waals surface area contributed by atoms with Crippen molar-refractivity contribution in [3.05, 3.63) is 70.4 Å². The van der Waals surface area contributed by atoms with Crippen LogP contribution in [0.15, 0.2) is 36.5 Å². The van der Waals surface area contributed by atoms with Crippen LogP contribution in [0, 0.1) is 6.92 Å². The fourth-order valence-electron chi connectivity index (χ4n) is 3.01. The highest BCUT2D eigenvalue weighted by Gasteiger charge is 2.31. The van der Waals surface area contributed by atoms with E-state index >= 15 is 0 Å². The molecule has 1 aromatic carbocycles. The number of nitrogens with zero attached hydrogens (tertiary/aromatic N) is 4. The molecule has 0 atom stereocenters. The van der Waals surface area contributed by atoms with Crippen molar-refractivity contribution >= 4 is 16.7 Å². The fourth-order valence-corrected chi connectivity index (χ4v) is 3.01. The average Bonchev–Trinajstić information content (AvgIpc) is 3.28. The van der Waals surface area contributed by atoms with E-state index in [1.165, 1.54) is 12.3 Å². The lowest BCUT2D eigenvalue weighted by Crippen LogP contribution is -2.08. The van der Waals surface area contributed by atoms with Crippen molar-refractivity contribution < 1.29 is 18.0 Å². The van der Waals surface area contributed by atoms with Gasteiger partial charge in [0, 0.05) is 23.5 Å². The number of hydrogen-bond acceptors (Lipinski definition) is 5. The number of benzene rings is 1. The predicted octanol–water partition coefficient (Wildman–Crippen LogP) is 3.23. The van der Waals surface area contributed by atoms with Crippen LogP contribution in [0.4, 0.5) is 13.2 Å². The molecule has 3 heterocycles. The molecule has 28 heavy (non-hydrogen) atoms. The number of rotatable bonds is 4. The Kier molecular flexibility index (Phi) is 4.17. The van der Waals surface area contributed by atoms with Gasteiger partial charge >= 0.3 is 6.18 Å². The maximum atomic E-state index is 13.2. The number of ketones is 1. The first-order chi connectivity index (χ1) is 13.3. The van der Waals surface area contributed by atoms with E-state index in [0.29, 0.717) is 11.1 Å². The van der Waals surface area contributed by atoms with Crippen molar-refractivity contribution in [3.8, 4) is 0 Å². The standard InChI is InChI=1S/C18H13F3N6O/c1-9-4-5-22-14(6-9)17(28)16-12(8-15-24-26-27-25-15)11-7-10(18(19,20)21)2-3-13(11)23-16/h2-7,23H,8H2,1H3,(H,24,25,26,27). The molecule has 4 aromatic rings. The van der Waals surface area contributed by atoms with Crippen LogP contribution in [0.25, 0.3) is 10.9 Å². The first kappa shape index (κ1) is 17.8. The Morgan fingerprint density at radius 2 is 2.00 bits per heavy atom. The zero-order valence-electron chi connectivity index (χ0n) is 14.5. The molecule has 0 saturated heterocycles. The van der Waals surface area contributed by atoms with Crippen molar-refractivity contribution in [2.24, 2.45) is 0 Å². The smallest absolute Gasteiger partial charge is 0.352 e. The Bertz CT molecular complexity index is 1160. The van der Waals surface area contributed by atoms with Crippen LogP contribution in [0.1, 0.15) is 38.7 Å². The molecule has 142 valence electrons. The van der Waals surface area contributed by atoms with Crippen molar-refractivity contribution in [1.29, 1.82) is 0 Å². The topological polar surface area (TPSA) is 100 Å². The zero-order valence-corrected chi connectivity index (χ0v) is 14.5. The van der Waals surface area contributed by atoms with Gasteiger partial charge in [0.15, 0.2) is 5.82 Å². The summed E-state index contributed by atoms with van der Waals surface area (Å²) in [6.45, 7) is 1.82. The monoisotopic (exact) mass is 386 g/mol. The number of aryl methyl sites for hydroxylation is 1. The maximum Gasteiger partial charge on any atom is 0.416 e. The minimum Gasteiger partial charge on any atom is -0.352 e. The summed E-state index contributed by atoms with van der Waals surface area (Å²) < 4.78 is 39.5. The van der Waals surface area contributed by atoms with Crippen LogP contribution in [0.2, 0.25) is 0 Å². The number of pyridine rings is 1. The first-order valence-electron chi connectivity index (χ1n) is 8.24. The number of aromatic amines is 2. The molecule has 0 aliphatic rings. The summed E-state index contributed by atoms with van der Waals surface area (Å²) in [5.74, 6) is -0.170. The SMILES string of the molecule is Cc1ccnc(C(=O)c2[nH]c3ccc(C(F)(F)F)cc3c2Cc2nn[nH]n2)c1. The highest BCUT2D eigenvalue weighted by Crippen LogP contribution is 2.34. The molecular formula is C18H13F3N6O. The molecule has 0 unspecified atom stereocenters. The number of aromatic nitrogens is 6. The lowest BCUT2D eigenvalue weighted by Gasteiger charge is -2.07. The summed E-state index contributed by atoms with van der Waals surface area (Å²) in [6.07, 6.45) is -2.96. The molecule has 0 fully saturated rings. The molecule has 2 N–H and O–H groups in total. The van der Waals surface area contributed by atoms with Crippen LogP contribution in [0.3, 0.4) is 0 Å². The van der Waals surface area contributed by atoms with Crippen molar-refractivity contribution in [3.63, 3.8) is 0 Å². The van der Waals surface area contributed by atoms with E-state index in [1.54, 1.807) is 12.1 Å². The summed E-state index contributed by atoms with van der Waals surface area (Å²) in [5.41, 5.74) is 1.14. The normalized spacial score (nSPS) is 11.9. The lowest BCUT2D eigenvalue weighted by molar-refractivity contribution is -0.137. The minimum absolute atomic E-state index is 0.0324. The number of fused-ring (bicyclic) bond motifs is 1. The molecule has 7 nitrogen and oxygen atoms in total. The van der Waals surface area contributed by atoms with Gasteiger partial charge in [-0.15, -0.1) is 10.2 Å². The van der Waals surface area contributed by atoms with Gasteiger partial charge in [0.1, 0.15) is 5.69 Å². The Labute approximate surface area is 156 Å². The third kappa shape index (κ3) is 3.24. The van der Waals surface area contributed by atoms with Gasteiger partial charge in [-0.05, 0) is 48.4 Å². The van der Waals surface area contributed by atoms with E-state index in [9.17, 15) is 18.0 Å².